The molecule has 4 heteroatoms. The number of hydrogen-bond acceptors (Lipinski definition) is 3. The lowest BCUT2D eigenvalue weighted by atomic mass is 10.2. The first-order valence-corrected chi connectivity index (χ1v) is 6.82. The zero-order valence-electron chi connectivity index (χ0n) is 12.2. The molecule has 1 unspecified atom stereocenters. The molecule has 1 amide bonds. The second-order valence-corrected chi connectivity index (χ2v) is 4.95. The van der Waals surface area contributed by atoms with Gasteiger partial charge in [0, 0.05) is 0 Å². The smallest absolute Gasteiger partial charge is 0.253 e. The molecule has 0 heterocycles. The molecule has 21 heavy (non-hydrogen) atoms. The molecular weight excluding hydrogens is 266 g/mol. The van der Waals surface area contributed by atoms with Gasteiger partial charge in [0.15, 0.2) is 0 Å². The van der Waals surface area contributed by atoms with E-state index in [0.29, 0.717) is 12.3 Å². The molecule has 0 radical (unpaired) electrons. The summed E-state index contributed by atoms with van der Waals surface area (Å²) >= 11 is 0. The third kappa shape index (κ3) is 4.33. The molecule has 0 aromatic heterocycles. The number of carbonyl (C=O) groups excluding carboxylic acids is 1. The van der Waals surface area contributed by atoms with Crippen molar-refractivity contribution in [1.29, 1.82) is 0 Å². The largest absolute Gasteiger partial charge is 0.506 e. The van der Waals surface area contributed by atoms with Gasteiger partial charge in [0.25, 0.3) is 5.91 Å². The van der Waals surface area contributed by atoms with Crippen LogP contribution in [0.3, 0.4) is 0 Å². The van der Waals surface area contributed by atoms with Crippen molar-refractivity contribution < 1.29 is 14.6 Å². The third-order valence-electron chi connectivity index (χ3n) is 3.12. The first kappa shape index (κ1) is 15.1. The molecule has 0 fully saturated rings. The van der Waals surface area contributed by atoms with Gasteiger partial charge < -0.3 is 15.2 Å². The number of ether oxygens (including phenoxy) is 1. The van der Waals surface area contributed by atoms with Crippen molar-refractivity contribution >= 4 is 11.6 Å². The zero-order chi connectivity index (χ0) is 15.2. The molecule has 0 aliphatic heterocycles. The summed E-state index contributed by atoms with van der Waals surface area (Å²) in [5.74, 6) is -0.240. The summed E-state index contributed by atoms with van der Waals surface area (Å²) in [6.45, 7) is 3.95. The Bertz CT molecular complexity index is 611. The lowest BCUT2D eigenvalue weighted by Gasteiger charge is -2.14. The summed E-state index contributed by atoms with van der Waals surface area (Å²) in [5, 5.41) is 12.4. The average Bonchev–Trinajstić information content (AvgIpc) is 2.49. The molecule has 0 aliphatic carbocycles. The number of anilines is 1. The van der Waals surface area contributed by atoms with Gasteiger partial charge in [0.2, 0.25) is 0 Å². The second kappa shape index (κ2) is 6.90. The van der Waals surface area contributed by atoms with Crippen molar-refractivity contribution in [2.45, 2.75) is 26.6 Å². The fourth-order valence-electron chi connectivity index (χ4n) is 1.86. The summed E-state index contributed by atoms with van der Waals surface area (Å²) < 4.78 is 5.54. The Labute approximate surface area is 124 Å². The van der Waals surface area contributed by atoms with Crippen molar-refractivity contribution in [2.24, 2.45) is 0 Å². The predicted octanol–water partition coefficient (Wildman–Crippen LogP) is 3.24. The molecule has 0 bridgehead atoms. The normalized spacial score (nSPS) is 11.9. The number of aryl methyl sites for hydroxylation is 1. The van der Waals surface area contributed by atoms with E-state index in [9.17, 15) is 9.90 Å². The van der Waals surface area contributed by atoms with E-state index in [-0.39, 0.29) is 11.7 Å². The summed E-state index contributed by atoms with van der Waals surface area (Å²) in [7, 11) is 0. The van der Waals surface area contributed by atoms with E-state index in [1.54, 1.807) is 25.1 Å². The molecule has 0 spiro atoms. The fourth-order valence-corrected chi connectivity index (χ4v) is 1.86. The fraction of sp³-hybridized carbons (Fsp3) is 0.235. The second-order valence-electron chi connectivity index (χ2n) is 4.95. The van der Waals surface area contributed by atoms with Gasteiger partial charge in [-0.3, -0.25) is 4.79 Å². The number of phenols is 1. The topological polar surface area (TPSA) is 58.6 Å². The number of phenolic OH excluding ortho intramolecular Hbond substituents is 1. The van der Waals surface area contributed by atoms with Crippen LogP contribution in [0.1, 0.15) is 18.1 Å². The summed E-state index contributed by atoms with van der Waals surface area (Å²) in [6, 6.07) is 14.7. The van der Waals surface area contributed by atoms with Gasteiger partial charge in [0.05, 0.1) is 12.3 Å². The van der Waals surface area contributed by atoms with Crippen LogP contribution in [0.4, 0.5) is 5.69 Å². The Morgan fingerprint density at radius 1 is 1.24 bits per heavy atom. The highest BCUT2D eigenvalue weighted by Gasteiger charge is 2.15. The van der Waals surface area contributed by atoms with Gasteiger partial charge >= 0.3 is 0 Å². The van der Waals surface area contributed by atoms with Crippen LogP contribution in [0.25, 0.3) is 0 Å². The quantitative estimate of drug-likeness (QED) is 0.829. The number of aromatic hydroxyl groups is 1. The van der Waals surface area contributed by atoms with Gasteiger partial charge in [-0.15, -0.1) is 0 Å². The number of nitrogens with one attached hydrogen (secondary N) is 1. The molecular formula is C17H19NO3. The lowest BCUT2D eigenvalue weighted by molar-refractivity contribution is -0.127. The highest BCUT2D eigenvalue weighted by molar-refractivity contribution is 5.95. The molecule has 4 nitrogen and oxygen atoms in total. The van der Waals surface area contributed by atoms with Gasteiger partial charge in [-0.25, -0.2) is 0 Å². The van der Waals surface area contributed by atoms with Crippen LogP contribution >= 0.6 is 0 Å². The molecule has 1 atom stereocenters. The maximum atomic E-state index is 12.0. The maximum absolute atomic E-state index is 12.0. The van der Waals surface area contributed by atoms with E-state index in [4.69, 9.17) is 4.74 Å². The van der Waals surface area contributed by atoms with Crippen LogP contribution in [0.15, 0.2) is 48.5 Å². The first-order chi connectivity index (χ1) is 10.1. The molecule has 2 aromatic rings. The standard InChI is InChI=1S/C17H19NO3/c1-12-8-9-16(19)15(10-12)18-17(20)13(2)21-11-14-6-4-3-5-7-14/h3-10,13,19H,11H2,1-2H3,(H,18,20). The van der Waals surface area contributed by atoms with E-state index >= 15 is 0 Å². The SMILES string of the molecule is Cc1ccc(O)c(NC(=O)C(C)OCc2ccccc2)c1. The average molecular weight is 285 g/mol. The van der Waals surface area contributed by atoms with Crippen molar-refractivity contribution in [2.75, 3.05) is 5.32 Å². The third-order valence-corrected chi connectivity index (χ3v) is 3.12. The highest BCUT2D eigenvalue weighted by atomic mass is 16.5. The van der Waals surface area contributed by atoms with E-state index in [2.05, 4.69) is 5.32 Å². The van der Waals surface area contributed by atoms with Gasteiger partial charge in [-0.05, 0) is 37.1 Å². The Morgan fingerprint density at radius 2 is 1.95 bits per heavy atom. The molecule has 0 aliphatic rings. The van der Waals surface area contributed by atoms with E-state index < -0.39 is 6.10 Å². The number of carbonyl (C=O) groups is 1. The van der Waals surface area contributed by atoms with E-state index in [1.165, 1.54) is 0 Å². The molecule has 2 rings (SSSR count). The van der Waals surface area contributed by atoms with Crippen molar-refractivity contribution in [3.8, 4) is 5.75 Å². The van der Waals surface area contributed by atoms with Crippen molar-refractivity contribution in [3.63, 3.8) is 0 Å². The van der Waals surface area contributed by atoms with Gasteiger partial charge in [-0.2, -0.15) is 0 Å². The van der Waals surface area contributed by atoms with Crippen LogP contribution in [-0.2, 0) is 16.1 Å². The Balaban J connectivity index is 1.92. The molecule has 0 saturated heterocycles. The lowest BCUT2D eigenvalue weighted by Crippen LogP contribution is -2.27. The Kier molecular flexibility index (Phi) is 4.95. The van der Waals surface area contributed by atoms with Crippen LogP contribution in [0, 0.1) is 6.92 Å². The summed E-state index contributed by atoms with van der Waals surface area (Å²) in [5.41, 5.74) is 2.37. The Morgan fingerprint density at radius 3 is 2.67 bits per heavy atom. The van der Waals surface area contributed by atoms with Crippen LogP contribution < -0.4 is 5.32 Å². The van der Waals surface area contributed by atoms with Crippen LogP contribution in [0.2, 0.25) is 0 Å². The highest BCUT2D eigenvalue weighted by Crippen LogP contribution is 2.24. The molecule has 110 valence electrons. The van der Waals surface area contributed by atoms with Gasteiger partial charge in [0.1, 0.15) is 11.9 Å². The van der Waals surface area contributed by atoms with Gasteiger partial charge in [-0.1, -0.05) is 36.4 Å². The van der Waals surface area contributed by atoms with Crippen molar-refractivity contribution in [3.05, 3.63) is 59.7 Å². The monoisotopic (exact) mass is 285 g/mol. The number of rotatable bonds is 5. The molecule has 2 N–H and O–H groups in total. The van der Waals surface area contributed by atoms with E-state index in [0.717, 1.165) is 11.1 Å². The maximum Gasteiger partial charge on any atom is 0.253 e. The van der Waals surface area contributed by atoms with Crippen LogP contribution in [0.5, 0.6) is 5.75 Å². The minimum Gasteiger partial charge on any atom is -0.506 e. The Hall–Kier alpha value is -2.33. The van der Waals surface area contributed by atoms with Crippen molar-refractivity contribution in [1.82, 2.24) is 0 Å². The summed E-state index contributed by atoms with van der Waals surface area (Å²) in [4.78, 5) is 12.0. The van der Waals surface area contributed by atoms with Crippen LogP contribution in [-0.4, -0.2) is 17.1 Å². The zero-order valence-corrected chi connectivity index (χ0v) is 12.2. The summed E-state index contributed by atoms with van der Waals surface area (Å²) in [6.07, 6.45) is -0.606. The van der Waals surface area contributed by atoms with E-state index in [1.807, 2.05) is 37.3 Å². The number of benzene rings is 2. The number of amides is 1. The molecule has 2 aromatic carbocycles. The predicted molar refractivity (Wildman–Crippen MR) is 82.2 cm³/mol. The molecule has 0 saturated carbocycles. The minimum atomic E-state index is -0.606. The first-order valence-electron chi connectivity index (χ1n) is 6.82. The minimum absolute atomic E-state index is 0.0456. The number of hydrogen-bond donors (Lipinski definition) is 2.